The van der Waals surface area contributed by atoms with Gasteiger partial charge in [0.1, 0.15) is 5.82 Å². The zero-order valence-corrected chi connectivity index (χ0v) is 9.18. The Balaban J connectivity index is 2.85. The molecule has 0 atom stereocenters. The van der Waals surface area contributed by atoms with Crippen molar-refractivity contribution < 1.29 is 12.8 Å². The van der Waals surface area contributed by atoms with Gasteiger partial charge >= 0.3 is 0 Å². The van der Waals surface area contributed by atoms with Crippen LogP contribution in [0.5, 0.6) is 0 Å². The Morgan fingerprint density at radius 1 is 1.33 bits per heavy atom. The summed E-state index contributed by atoms with van der Waals surface area (Å²) in [6, 6.07) is 5.62. The van der Waals surface area contributed by atoms with Gasteiger partial charge in [0.15, 0.2) is 0 Å². The van der Waals surface area contributed by atoms with E-state index in [0.29, 0.717) is 11.3 Å². The van der Waals surface area contributed by atoms with E-state index in [1.165, 1.54) is 24.3 Å². The number of halogens is 1. The second kappa shape index (κ2) is 4.39. The van der Waals surface area contributed by atoms with Crippen LogP contribution < -0.4 is 4.83 Å². The van der Waals surface area contributed by atoms with Gasteiger partial charge in [-0.2, -0.15) is 5.10 Å². The number of nitrogens with zero attached hydrogens (tertiary/aromatic N) is 1. The van der Waals surface area contributed by atoms with Gasteiger partial charge < -0.3 is 0 Å². The molecule has 0 fully saturated rings. The van der Waals surface area contributed by atoms with Gasteiger partial charge in [-0.15, -0.1) is 0 Å². The maximum atomic E-state index is 12.6. The second-order valence-corrected chi connectivity index (χ2v) is 4.79. The Labute approximate surface area is 87.9 Å². The summed E-state index contributed by atoms with van der Waals surface area (Å²) < 4.78 is 34.1. The molecule has 1 aromatic carbocycles. The lowest BCUT2D eigenvalue weighted by Gasteiger charge is -2.01. The van der Waals surface area contributed by atoms with Crippen molar-refractivity contribution in [2.24, 2.45) is 5.10 Å². The smallest absolute Gasteiger partial charge is 0.207 e. The largest absolute Gasteiger partial charge is 0.244 e. The van der Waals surface area contributed by atoms with Crippen molar-refractivity contribution in [1.82, 2.24) is 4.83 Å². The zero-order chi connectivity index (χ0) is 11.5. The minimum absolute atomic E-state index is 0.345. The van der Waals surface area contributed by atoms with Crippen LogP contribution in [-0.2, 0) is 10.0 Å². The number of nitrogens with one attached hydrogen (secondary N) is 1. The quantitative estimate of drug-likeness (QED) is 0.624. The van der Waals surface area contributed by atoms with Gasteiger partial charge in [-0.3, -0.25) is 0 Å². The van der Waals surface area contributed by atoms with Gasteiger partial charge in [0, 0.05) is 0 Å². The predicted molar refractivity (Wildman–Crippen MR) is 56.6 cm³/mol. The monoisotopic (exact) mass is 230 g/mol. The molecule has 0 radical (unpaired) electrons. The van der Waals surface area contributed by atoms with E-state index in [9.17, 15) is 12.8 Å². The molecule has 0 aliphatic rings. The van der Waals surface area contributed by atoms with Gasteiger partial charge in [0.2, 0.25) is 10.0 Å². The number of benzene rings is 1. The molecule has 0 aliphatic heterocycles. The molecule has 0 amide bonds. The third kappa shape index (κ3) is 4.07. The predicted octanol–water partition coefficient (Wildman–Crippen LogP) is 1.10. The Morgan fingerprint density at radius 2 is 1.87 bits per heavy atom. The molecule has 0 saturated heterocycles. The number of hydrogen-bond acceptors (Lipinski definition) is 3. The third-order valence-corrected chi connectivity index (χ3v) is 2.06. The van der Waals surface area contributed by atoms with E-state index in [0.717, 1.165) is 6.26 Å². The van der Waals surface area contributed by atoms with Crippen molar-refractivity contribution in [1.29, 1.82) is 0 Å². The van der Waals surface area contributed by atoms with Crippen molar-refractivity contribution >= 4 is 15.7 Å². The van der Waals surface area contributed by atoms with Crippen LogP contribution >= 0.6 is 0 Å². The number of hydrogen-bond donors (Lipinski definition) is 1. The van der Waals surface area contributed by atoms with Crippen molar-refractivity contribution in [3.63, 3.8) is 0 Å². The molecule has 1 aromatic rings. The highest BCUT2D eigenvalue weighted by Crippen LogP contribution is 2.03. The summed E-state index contributed by atoms with van der Waals surface area (Å²) in [5, 5.41) is 3.65. The summed E-state index contributed by atoms with van der Waals surface area (Å²) in [5.41, 5.74) is 1.13. The molecule has 0 aromatic heterocycles. The molecule has 82 valence electrons. The Hall–Kier alpha value is -1.43. The maximum absolute atomic E-state index is 12.6. The third-order valence-electron chi connectivity index (χ3n) is 1.64. The summed E-state index contributed by atoms with van der Waals surface area (Å²) in [5.74, 6) is -0.345. The van der Waals surface area contributed by atoms with E-state index >= 15 is 0 Å². The first-order chi connectivity index (χ1) is 6.88. The van der Waals surface area contributed by atoms with Gasteiger partial charge in [-0.05, 0) is 24.6 Å². The van der Waals surface area contributed by atoms with Gasteiger partial charge in [0.05, 0.1) is 12.0 Å². The number of sulfonamides is 1. The Bertz CT molecular complexity index is 465. The average molecular weight is 230 g/mol. The first-order valence-electron chi connectivity index (χ1n) is 4.15. The lowest BCUT2D eigenvalue weighted by Crippen LogP contribution is -2.17. The van der Waals surface area contributed by atoms with Gasteiger partial charge in [-0.1, -0.05) is 12.1 Å². The van der Waals surface area contributed by atoms with Crippen molar-refractivity contribution in [2.45, 2.75) is 6.92 Å². The minimum Gasteiger partial charge on any atom is -0.207 e. The SMILES string of the molecule is CC(=NNS(C)(=O)=O)c1ccc(F)cc1. The summed E-state index contributed by atoms with van der Waals surface area (Å²) in [7, 11) is -3.35. The zero-order valence-electron chi connectivity index (χ0n) is 8.36. The highest BCUT2D eigenvalue weighted by atomic mass is 32.2. The molecular formula is C9H11FN2O2S. The topological polar surface area (TPSA) is 58.5 Å². The molecule has 1 N–H and O–H groups in total. The standard InChI is InChI=1S/C9H11FN2O2S/c1-7(11-12-15(2,13)14)8-3-5-9(10)6-4-8/h3-6,12H,1-2H3. The molecule has 15 heavy (non-hydrogen) atoms. The van der Waals surface area contributed by atoms with Crippen LogP contribution in [-0.4, -0.2) is 20.4 Å². The van der Waals surface area contributed by atoms with Crippen molar-refractivity contribution in [3.05, 3.63) is 35.6 Å². The molecule has 0 saturated carbocycles. The summed E-state index contributed by atoms with van der Waals surface area (Å²) in [6.07, 6.45) is 1.01. The number of hydrazone groups is 1. The molecule has 0 unspecified atom stereocenters. The Morgan fingerprint density at radius 3 is 2.33 bits per heavy atom. The molecule has 0 heterocycles. The van der Waals surface area contributed by atoms with Crippen LogP contribution in [0.3, 0.4) is 0 Å². The molecule has 1 rings (SSSR count). The van der Waals surface area contributed by atoms with E-state index in [-0.39, 0.29) is 5.82 Å². The van der Waals surface area contributed by atoms with E-state index in [4.69, 9.17) is 0 Å². The fourth-order valence-corrected chi connectivity index (χ4v) is 1.21. The molecular weight excluding hydrogens is 219 g/mol. The lowest BCUT2D eigenvalue weighted by atomic mass is 10.1. The van der Waals surface area contributed by atoms with Crippen molar-refractivity contribution in [3.8, 4) is 0 Å². The molecule has 0 bridgehead atoms. The highest BCUT2D eigenvalue weighted by Gasteiger charge is 2.00. The van der Waals surface area contributed by atoms with E-state index < -0.39 is 10.0 Å². The average Bonchev–Trinajstić information content (AvgIpc) is 2.14. The van der Waals surface area contributed by atoms with Crippen LogP contribution in [0.1, 0.15) is 12.5 Å². The van der Waals surface area contributed by atoms with Crippen LogP contribution in [0.25, 0.3) is 0 Å². The first kappa shape index (κ1) is 11.6. The summed E-state index contributed by atoms with van der Waals surface area (Å²) in [4.78, 5) is 2.00. The van der Waals surface area contributed by atoms with E-state index in [1.807, 2.05) is 4.83 Å². The van der Waals surface area contributed by atoms with Crippen molar-refractivity contribution in [2.75, 3.05) is 6.26 Å². The fourth-order valence-electron chi connectivity index (χ4n) is 0.907. The normalized spacial score (nSPS) is 12.6. The summed E-state index contributed by atoms with van der Waals surface area (Å²) >= 11 is 0. The van der Waals surface area contributed by atoms with Gasteiger partial charge in [-0.25, -0.2) is 17.6 Å². The summed E-state index contributed by atoms with van der Waals surface area (Å²) in [6.45, 7) is 1.63. The van der Waals surface area contributed by atoms with Crippen LogP contribution in [0.15, 0.2) is 29.4 Å². The molecule has 6 heteroatoms. The maximum Gasteiger partial charge on any atom is 0.244 e. The molecule has 0 aliphatic carbocycles. The van der Waals surface area contributed by atoms with Crippen LogP contribution in [0.2, 0.25) is 0 Å². The number of rotatable bonds is 3. The van der Waals surface area contributed by atoms with E-state index in [2.05, 4.69) is 5.10 Å². The minimum atomic E-state index is -3.35. The van der Waals surface area contributed by atoms with Crippen LogP contribution in [0.4, 0.5) is 4.39 Å². The second-order valence-electron chi connectivity index (χ2n) is 3.07. The molecule has 4 nitrogen and oxygen atoms in total. The first-order valence-corrected chi connectivity index (χ1v) is 6.04. The highest BCUT2D eigenvalue weighted by molar-refractivity contribution is 7.88. The van der Waals surface area contributed by atoms with Crippen LogP contribution in [0, 0.1) is 5.82 Å². The Kier molecular flexibility index (Phi) is 3.41. The lowest BCUT2D eigenvalue weighted by molar-refractivity contribution is 0.590. The molecule has 0 spiro atoms. The fraction of sp³-hybridized carbons (Fsp3) is 0.222. The van der Waals surface area contributed by atoms with Gasteiger partial charge in [0.25, 0.3) is 0 Å². The van der Waals surface area contributed by atoms with E-state index in [1.54, 1.807) is 6.92 Å².